The minimum absolute atomic E-state index is 0.177. The van der Waals surface area contributed by atoms with Crippen LogP contribution in [-0.4, -0.2) is 12.6 Å². The number of benzene rings is 2. The minimum atomic E-state index is -0.262. The topological polar surface area (TPSA) is 38.3 Å². The Morgan fingerprint density at radius 2 is 2.04 bits per heavy atom. The third kappa shape index (κ3) is 2.89. The van der Waals surface area contributed by atoms with Crippen molar-refractivity contribution in [2.24, 2.45) is 5.92 Å². The molecule has 0 fully saturated rings. The number of fused-ring (bicyclic) bond motifs is 3. The van der Waals surface area contributed by atoms with Crippen LogP contribution in [0.5, 0.6) is 0 Å². The molecule has 2 aliphatic rings. The van der Waals surface area contributed by atoms with E-state index in [4.69, 9.17) is 4.74 Å². The van der Waals surface area contributed by atoms with E-state index in [-0.39, 0.29) is 12.0 Å². The number of hydrogen-bond donors (Lipinski definition) is 1. The molecular weight excluding hydrogens is 378 g/mol. The number of carbonyl (C=O) groups is 1. The number of rotatable bonds is 3. The number of ether oxygens (including phenoxy) is 1. The highest BCUT2D eigenvalue weighted by Gasteiger charge is 2.39. The summed E-state index contributed by atoms with van der Waals surface area (Å²) in [6.07, 6.45) is 5.58. The van der Waals surface area contributed by atoms with E-state index in [9.17, 15) is 4.79 Å². The van der Waals surface area contributed by atoms with Gasteiger partial charge in [0.1, 0.15) is 0 Å². The smallest absolute Gasteiger partial charge is 0.340 e. The van der Waals surface area contributed by atoms with Crippen molar-refractivity contribution in [1.82, 2.24) is 0 Å². The Morgan fingerprint density at radius 1 is 1.24 bits per heavy atom. The highest BCUT2D eigenvalue weighted by Crippen LogP contribution is 2.50. The number of allylic oxidation sites excluding steroid dienone is 2. The van der Waals surface area contributed by atoms with Crippen molar-refractivity contribution < 1.29 is 9.53 Å². The monoisotopic (exact) mass is 397 g/mol. The van der Waals surface area contributed by atoms with E-state index >= 15 is 0 Å². The third-order valence-corrected chi connectivity index (χ3v) is 5.65. The van der Waals surface area contributed by atoms with Crippen LogP contribution >= 0.6 is 15.9 Å². The zero-order valence-corrected chi connectivity index (χ0v) is 15.6. The second kappa shape index (κ2) is 6.68. The van der Waals surface area contributed by atoms with Gasteiger partial charge in [-0.3, -0.25) is 0 Å². The molecule has 128 valence electrons. The summed E-state index contributed by atoms with van der Waals surface area (Å²) in [6.45, 7) is 2.21. The fourth-order valence-corrected chi connectivity index (χ4v) is 4.26. The molecule has 0 radical (unpaired) electrons. The average Bonchev–Trinajstić information content (AvgIpc) is 3.11. The summed E-state index contributed by atoms with van der Waals surface area (Å²) < 4.78 is 6.33. The molecule has 3 nitrogen and oxygen atoms in total. The summed E-state index contributed by atoms with van der Waals surface area (Å²) >= 11 is 3.51. The predicted molar refractivity (Wildman–Crippen MR) is 103 cm³/mol. The van der Waals surface area contributed by atoms with Gasteiger partial charge >= 0.3 is 5.97 Å². The van der Waals surface area contributed by atoms with Gasteiger partial charge in [0.25, 0.3) is 0 Å². The van der Waals surface area contributed by atoms with E-state index in [1.54, 1.807) is 0 Å². The molecule has 25 heavy (non-hydrogen) atoms. The molecule has 1 heterocycles. The number of nitrogens with one attached hydrogen (secondary N) is 1. The van der Waals surface area contributed by atoms with Gasteiger partial charge in [-0.25, -0.2) is 4.79 Å². The lowest BCUT2D eigenvalue weighted by Crippen LogP contribution is -2.30. The molecule has 2 aromatic rings. The molecule has 0 amide bonds. The Labute approximate surface area is 156 Å². The first-order chi connectivity index (χ1) is 12.2. The molecule has 4 rings (SSSR count). The molecular formula is C21H20BrNO2. The number of para-hydroxylation sites is 1. The van der Waals surface area contributed by atoms with Gasteiger partial charge < -0.3 is 10.1 Å². The molecule has 0 spiro atoms. The summed E-state index contributed by atoms with van der Waals surface area (Å²) in [5, 5.41) is 3.66. The van der Waals surface area contributed by atoms with Crippen LogP contribution < -0.4 is 5.32 Å². The molecule has 4 heteroatoms. The molecule has 3 atom stereocenters. The van der Waals surface area contributed by atoms with Gasteiger partial charge in [0, 0.05) is 10.4 Å². The molecule has 1 aliphatic heterocycles. The second-order valence-corrected chi connectivity index (χ2v) is 7.43. The molecule has 0 unspecified atom stereocenters. The zero-order valence-electron chi connectivity index (χ0n) is 14.0. The Kier molecular flexibility index (Phi) is 4.38. The Morgan fingerprint density at radius 3 is 2.80 bits per heavy atom. The van der Waals surface area contributed by atoms with Crippen molar-refractivity contribution in [3.05, 3.63) is 75.8 Å². The summed E-state index contributed by atoms with van der Waals surface area (Å²) in [7, 11) is 0. The number of halogens is 1. The largest absolute Gasteiger partial charge is 0.462 e. The fraction of sp³-hybridized carbons (Fsp3) is 0.286. The SMILES string of the molecule is CCOC(=O)c1cccc2c1N[C@H](c1ccc(Br)cc1)[C@H]1CC=C[C@H]21. The van der Waals surface area contributed by atoms with Crippen molar-refractivity contribution in [1.29, 1.82) is 0 Å². The van der Waals surface area contributed by atoms with Crippen LogP contribution in [0.15, 0.2) is 59.1 Å². The average molecular weight is 398 g/mol. The first-order valence-electron chi connectivity index (χ1n) is 8.67. The maximum absolute atomic E-state index is 12.4. The van der Waals surface area contributed by atoms with Gasteiger partial charge in [-0.15, -0.1) is 0 Å². The van der Waals surface area contributed by atoms with Crippen LogP contribution in [0, 0.1) is 5.92 Å². The van der Waals surface area contributed by atoms with Crippen molar-refractivity contribution in [2.45, 2.75) is 25.3 Å². The molecule has 1 N–H and O–H groups in total. The van der Waals surface area contributed by atoms with Crippen LogP contribution in [-0.2, 0) is 4.74 Å². The Hall–Kier alpha value is -2.07. The first kappa shape index (κ1) is 16.4. The van der Waals surface area contributed by atoms with Crippen molar-refractivity contribution in [3.63, 3.8) is 0 Å². The second-order valence-electron chi connectivity index (χ2n) is 6.52. The maximum atomic E-state index is 12.4. The zero-order chi connectivity index (χ0) is 17.4. The minimum Gasteiger partial charge on any atom is -0.462 e. The highest BCUT2D eigenvalue weighted by molar-refractivity contribution is 9.10. The Balaban J connectivity index is 1.79. The van der Waals surface area contributed by atoms with Crippen LogP contribution in [0.4, 0.5) is 5.69 Å². The summed E-state index contributed by atoms with van der Waals surface area (Å²) in [4.78, 5) is 12.4. The molecule has 2 aromatic carbocycles. The fourth-order valence-electron chi connectivity index (χ4n) is 4.00. The van der Waals surface area contributed by atoms with Gasteiger partial charge in [-0.05, 0) is 48.6 Å². The van der Waals surface area contributed by atoms with E-state index in [0.717, 1.165) is 16.6 Å². The quantitative estimate of drug-likeness (QED) is 0.552. The van der Waals surface area contributed by atoms with Crippen LogP contribution in [0.25, 0.3) is 0 Å². The van der Waals surface area contributed by atoms with Crippen LogP contribution in [0.3, 0.4) is 0 Å². The van der Waals surface area contributed by atoms with Crippen molar-refractivity contribution >= 4 is 27.6 Å². The summed E-state index contributed by atoms with van der Waals surface area (Å²) in [5.74, 6) is 0.534. The van der Waals surface area contributed by atoms with E-state index in [1.165, 1.54) is 11.1 Å². The van der Waals surface area contributed by atoms with Gasteiger partial charge in [0.15, 0.2) is 0 Å². The number of hydrogen-bond acceptors (Lipinski definition) is 3. The lowest BCUT2D eigenvalue weighted by Gasteiger charge is -2.38. The van der Waals surface area contributed by atoms with Crippen LogP contribution in [0.1, 0.15) is 46.8 Å². The standard InChI is InChI=1S/C21H20BrNO2/c1-2-25-21(24)18-8-4-7-17-15-5-3-6-16(15)19(23-20(17)18)13-9-11-14(22)12-10-13/h3-5,7-12,15-16,19,23H,2,6H2,1H3/t15-,16-,19+/m0/s1. The Bertz CT molecular complexity index is 828. The molecule has 0 saturated heterocycles. The van der Waals surface area contributed by atoms with E-state index in [0.29, 0.717) is 24.0 Å². The lowest BCUT2D eigenvalue weighted by atomic mass is 9.76. The van der Waals surface area contributed by atoms with Crippen LogP contribution in [0.2, 0.25) is 0 Å². The molecule has 1 aliphatic carbocycles. The van der Waals surface area contributed by atoms with E-state index < -0.39 is 0 Å². The van der Waals surface area contributed by atoms with Crippen molar-refractivity contribution in [3.8, 4) is 0 Å². The highest BCUT2D eigenvalue weighted by atomic mass is 79.9. The van der Waals surface area contributed by atoms with Gasteiger partial charge in [0.05, 0.1) is 23.9 Å². The number of esters is 1. The predicted octanol–water partition coefficient (Wildman–Crippen LogP) is 5.45. The molecule has 0 saturated carbocycles. The molecule has 0 bridgehead atoms. The third-order valence-electron chi connectivity index (χ3n) is 5.12. The maximum Gasteiger partial charge on any atom is 0.340 e. The normalized spacial score (nSPS) is 23.5. The number of carbonyl (C=O) groups excluding carboxylic acids is 1. The first-order valence-corrected chi connectivity index (χ1v) is 9.47. The summed E-state index contributed by atoms with van der Waals surface area (Å²) in [5.41, 5.74) is 3.98. The van der Waals surface area contributed by atoms with E-state index in [1.807, 2.05) is 19.1 Å². The van der Waals surface area contributed by atoms with E-state index in [2.05, 4.69) is 63.7 Å². The molecule has 0 aromatic heterocycles. The van der Waals surface area contributed by atoms with Gasteiger partial charge in [0.2, 0.25) is 0 Å². The summed E-state index contributed by atoms with van der Waals surface area (Å²) in [6, 6.07) is 14.5. The number of anilines is 1. The van der Waals surface area contributed by atoms with Crippen molar-refractivity contribution in [2.75, 3.05) is 11.9 Å². The lowest BCUT2D eigenvalue weighted by molar-refractivity contribution is 0.0527. The van der Waals surface area contributed by atoms with Gasteiger partial charge in [-0.1, -0.05) is 52.3 Å². The van der Waals surface area contributed by atoms with Gasteiger partial charge in [-0.2, -0.15) is 0 Å².